The smallest absolute Gasteiger partial charge is 0.142 e. The van der Waals surface area contributed by atoms with Gasteiger partial charge in [0.25, 0.3) is 0 Å². The SMILES string of the molecule is CN(C)c1ccc2nc(-c3cc(-c4cnn(C)c4)cnc3N)[nH]c2c1. The van der Waals surface area contributed by atoms with E-state index in [-0.39, 0.29) is 0 Å². The highest BCUT2D eigenvalue weighted by Gasteiger charge is 2.12. The summed E-state index contributed by atoms with van der Waals surface area (Å²) in [6, 6.07) is 8.10. The lowest BCUT2D eigenvalue weighted by Gasteiger charge is -2.11. The van der Waals surface area contributed by atoms with Crippen molar-refractivity contribution in [2.24, 2.45) is 7.05 Å². The number of nitrogens with two attached hydrogens (primary N) is 1. The number of H-pyrrole nitrogens is 1. The van der Waals surface area contributed by atoms with Crippen LogP contribution in [0.5, 0.6) is 0 Å². The van der Waals surface area contributed by atoms with E-state index >= 15 is 0 Å². The molecule has 4 aromatic rings. The van der Waals surface area contributed by atoms with Gasteiger partial charge in [-0.25, -0.2) is 9.97 Å². The summed E-state index contributed by atoms with van der Waals surface area (Å²) in [5.41, 5.74) is 11.8. The van der Waals surface area contributed by atoms with Crippen molar-refractivity contribution in [1.29, 1.82) is 0 Å². The molecule has 1 aromatic carbocycles. The Balaban J connectivity index is 1.82. The average molecular weight is 333 g/mol. The molecular formula is C18H19N7. The van der Waals surface area contributed by atoms with Crippen LogP contribution >= 0.6 is 0 Å². The Hall–Kier alpha value is -3.35. The number of hydrogen-bond acceptors (Lipinski definition) is 5. The second-order valence-corrected chi connectivity index (χ2v) is 6.24. The first-order valence-electron chi connectivity index (χ1n) is 7.93. The molecule has 0 radical (unpaired) electrons. The number of nitrogens with one attached hydrogen (secondary N) is 1. The molecule has 0 spiro atoms. The van der Waals surface area contributed by atoms with Gasteiger partial charge in [-0.15, -0.1) is 0 Å². The minimum atomic E-state index is 0.444. The van der Waals surface area contributed by atoms with Gasteiger partial charge in [-0.3, -0.25) is 4.68 Å². The highest BCUT2D eigenvalue weighted by molar-refractivity contribution is 5.85. The van der Waals surface area contributed by atoms with Crippen LogP contribution in [0.4, 0.5) is 11.5 Å². The van der Waals surface area contributed by atoms with Gasteiger partial charge < -0.3 is 15.6 Å². The summed E-state index contributed by atoms with van der Waals surface area (Å²) in [5, 5.41) is 4.21. The number of aromatic amines is 1. The summed E-state index contributed by atoms with van der Waals surface area (Å²) >= 11 is 0. The van der Waals surface area contributed by atoms with Crippen LogP contribution in [-0.2, 0) is 7.05 Å². The van der Waals surface area contributed by atoms with Crippen molar-refractivity contribution in [3.63, 3.8) is 0 Å². The molecule has 0 saturated heterocycles. The summed E-state index contributed by atoms with van der Waals surface area (Å²) in [6.07, 6.45) is 5.50. The van der Waals surface area contributed by atoms with Crippen molar-refractivity contribution in [3.05, 3.63) is 42.9 Å². The Labute approximate surface area is 145 Å². The van der Waals surface area contributed by atoms with E-state index in [0.29, 0.717) is 11.6 Å². The Kier molecular flexibility index (Phi) is 3.42. The summed E-state index contributed by atoms with van der Waals surface area (Å²) in [6.45, 7) is 0. The highest BCUT2D eigenvalue weighted by atomic mass is 15.2. The first-order chi connectivity index (χ1) is 12.0. The third-order valence-electron chi connectivity index (χ3n) is 4.19. The zero-order chi connectivity index (χ0) is 17.6. The van der Waals surface area contributed by atoms with Crippen LogP contribution in [0, 0.1) is 0 Å². The van der Waals surface area contributed by atoms with Gasteiger partial charge in [0.2, 0.25) is 0 Å². The summed E-state index contributed by atoms with van der Waals surface area (Å²) in [4.78, 5) is 14.4. The number of rotatable bonds is 3. The van der Waals surface area contributed by atoms with Crippen molar-refractivity contribution in [2.45, 2.75) is 0 Å². The molecule has 126 valence electrons. The zero-order valence-corrected chi connectivity index (χ0v) is 14.4. The molecule has 4 rings (SSSR count). The number of nitrogen functional groups attached to an aromatic ring is 1. The molecule has 25 heavy (non-hydrogen) atoms. The molecule has 0 saturated carbocycles. The van der Waals surface area contributed by atoms with E-state index in [1.165, 1.54) is 0 Å². The van der Waals surface area contributed by atoms with E-state index in [2.05, 4.69) is 31.0 Å². The van der Waals surface area contributed by atoms with Gasteiger partial charge in [-0.2, -0.15) is 5.10 Å². The molecule has 0 fully saturated rings. The molecule has 7 heteroatoms. The van der Waals surface area contributed by atoms with Crippen molar-refractivity contribution >= 4 is 22.5 Å². The van der Waals surface area contributed by atoms with Crippen LogP contribution in [0.25, 0.3) is 33.5 Å². The molecule has 0 unspecified atom stereocenters. The van der Waals surface area contributed by atoms with Crippen LogP contribution in [0.3, 0.4) is 0 Å². The Morgan fingerprint density at radius 2 is 1.96 bits per heavy atom. The number of pyridine rings is 1. The van der Waals surface area contributed by atoms with Gasteiger partial charge in [-0.05, 0) is 24.3 Å². The van der Waals surface area contributed by atoms with E-state index in [4.69, 9.17) is 5.73 Å². The maximum Gasteiger partial charge on any atom is 0.142 e. The molecular weight excluding hydrogens is 314 g/mol. The number of benzene rings is 1. The van der Waals surface area contributed by atoms with Gasteiger partial charge in [0.15, 0.2) is 0 Å². The molecule has 0 aliphatic rings. The Bertz CT molecular complexity index is 1060. The lowest BCUT2D eigenvalue weighted by molar-refractivity contribution is 0.768. The third-order valence-corrected chi connectivity index (χ3v) is 4.19. The normalized spacial score (nSPS) is 11.2. The maximum atomic E-state index is 6.10. The number of aryl methyl sites for hydroxylation is 1. The standard InChI is InChI=1S/C18H19N7/c1-24(2)13-4-5-15-16(7-13)23-18(22-15)14-6-11(8-20-17(14)19)12-9-21-25(3)10-12/h4-10H,1-3H3,(H2,19,20)(H,22,23). The molecule has 3 aromatic heterocycles. The number of imidazole rings is 1. The fraction of sp³-hybridized carbons (Fsp3) is 0.167. The predicted molar refractivity (Wildman–Crippen MR) is 100 cm³/mol. The number of aromatic nitrogens is 5. The molecule has 3 heterocycles. The fourth-order valence-corrected chi connectivity index (χ4v) is 2.80. The van der Waals surface area contributed by atoms with E-state index in [0.717, 1.165) is 33.4 Å². The van der Waals surface area contributed by atoms with Crippen LogP contribution in [0.15, 0.2) is 42.9 Å². The molecule has 0 atom stereocenters. The molecule has 3 N–H and O–H groups in total. The molecule has 7 nitrogen and oxygen atoms in total. The quantitative estimate of drug-likeness (QED) is 0.602. The van der Waals surface area contributed by atoms with Gasteiger partial charge >= 0.3 is 0 Å². The largest absolute Gasteiger partial charge is 0.383 e. The van der Waals surface area contributed by atoms with Crippen LogP contribution < -0.4 is 10.6 Å². The Morgan fingerprint density at radius 3 is 2.68 bits per heavy atom. The van der Waals surface area contributed by atoms with Crippen molar-refractivity contribution in [1.82, 2.24) is 24.7 Å². The molecule has 0 aliphatic heterocycles. The van der Waals surface area contributed by atoms with Crippen LogP contribution in [-0.4, -0.2) is 38.8 Å². The van der Waals surface area contributed by atoms with Crippen LogP contribution in [0.2, 0.25) is 0 Å². The first kappa shape index (κ1) is 15.2. The topological polar surface area (TPSA) is 88.7 Å². The third kappa shape index (κ3) is 2.69. The lowest BCUT2D eigenvalue weighted by Crippen LogP contribution is -2.07. The second kappa shape index (κ2) is 5.62. The second-order valence-electron chi connectivity index (χ2n) is 6.24. The van der Waals surface area contributed by atoms with E-state index in [1.807, 2.05) is 45.5 Å². The summed E-state index contributed by atoms with van der Waals surface area (Å²) in [7, 11) is 5.91. The summed E-state index contributed by atoms with van der Waals surface area (Å²) < 4.78 is 1.76. The van der Waals surface area contributed by atoms with Crippen molar-refractivity contribution < 1.29 is 0 Å². The number of anilines is 2. The minimum Gasteiger partial charge on any atom is -0.383 e. The molecule has 0 amide bonds. The zero-order valence-electron chi connectivity index (χ0n) is 14.4. The van der Waals surface area contributed by atoms with Crippen molar-refractivity contribution in [3.8, 4) is 22.5 Å². The first-order valence-corrected chi connectivity index (χ1v) is 7.93. The minimum absolute atomic E-state index is 0.444. The molecule has 0 aliphatic carbocycles. The molecule has 0 bridgehead atoms. The number of nitrogens with zero attached hydrogens (tertiary/aromatic N) is 5. The number of fused-ring (bicyclic) bond motifs is 1. The Morgan fingerprint density at radius 1 is 1.12 bits per heavy atom. The lowest BCUT2D eigenvalue weighted by atomic mass is 10.1. The highest BCUT2D eigenvalue weighted by Crippen LogP contribution is 2.30. The maximum absolute atomic E-state index is 6.10. The fourth-order valence-electron chi connectivity index (χ4n) is 2.80. The number of hydrogen-bond donors (Lipinski definition) is 2. The monoisotopic (exact) mass is 333 g/mol. The van der Waals surface area contributed by atoms with E-state index < -0.39 is 0 Å². The summed E-state index contributed by atoms with van der Waals surface area (Å²) in [5.74, 6) is 1.15. The van der Waals surface area contributed by atoms with Crippen molar-refractivity contribution in [2.75, 3.05) is 24.7 Å². The van der Waals surface area contributed by atoms with Gasteiger partial charge in [0.1, 0.15) is 11.6 Å². The average Bonchev–Trinajstić information content (AvgIpc) is 3.20. The van der Waals surface area contributed by atoms with Crippen LogP contribution in [0.1, 0.15) is 0 Å². The van der Waals surface area contributed by atoms with Gasteiger partial charge in [0.05, 0.1) is 22.8 Å². The van der Waals surface area contributed by atoms with Gasteiger partial charge in [-0.1, -0.05) is 0 Å². The van der Waals surface area contributed by atoms with Gasteiger partial charge in [0, 0.05) is 50.4 Å². The van der Waals surface area contributed by atoms with E-state index in [1.54, 1.807) is 17.1 Å². The predicted octanol–water partition coefficient (Wildman–Crippen LogP) is 2.67. The van der Waals surface area contributed by atoms with E-state index in [9.17, 15) is 0 Å².